The fourth-order valence-corrected chi connectivity index (χ4v) is 4.10. The number of benzene rings is 3. The van der Waals surface area contributed by atoms with Gasteiger partial charge >= 0.3 is 0 Å². The average molecular weight is 511 g/mol. The maximum Gasteiger partial charge on any atom is 0.269 e. The highest BCUT2D eigenvalue weighted by atomic mass is 35.5. The first-order valence-electron chi connectivity index (χ1n) is 10.6. The molecule has 0 spiro atoms. The van der Waals surface area contributed by atoms with Crippen LogP contribution in [0.3, 0.4) is 0 Å². The molecule has 0 aliphatic carbocycles. The molecule has 0 saturated carbocycles. The Kier molecular flexibility index (Phi) is 7.09. The molecule has 178 valence electrons. The molecule has 3 aromatic rings. The molecule has 1 fully saturated rings. The molecule has 0 bridgehead atoms. The van der Waals surface area contributed by atoms with Gasteiger partial charge in [-0.25, -0.2) is 9.40 Å². The fourth-order valence-electron chi connectivity index (χ4n) is 3.55. The zero-order chi connectivity index (χ0) is 25.1. The molecule has 0 aromatic heterocycles. The van der Waals surface area contributed by atoms with Gasteiger partial charge in [0.15, 0.2) is 0 Å². The van der Waals surface area contributed by atoms with Crippen molar-refractivity contribution >= 4 is 58.0 Å². The van der Waals surface area contributed by atoms with Crippen molar-refractivity contribution in [2.45, 2.75) is 19.4 Å². The molecule has 1 saturated heterocycles. The number of nitrogens with one attached hydrogen (secondary N) is 2. The van der Waals surface area contributed by atoms with E-state index in [0.29, 0.717) is 22.0 Å². The number of hydrogen-bond donors (Lipinski definition) is 2. The number of thiocarbonyl (C=S) groups is 1. The van der Waals surface area contributed by atoms with E-state index in [1.165, 1.54) is 34.2 Å². The number of carbonyl (C=O) groups excluding carboxylic acids is 3. The van der Waals surface area contributed by atoms with Gasteiger partial charge in [-0.2, -0.15) is 0 Å². The van der Waals surface area contributed by atoms with Crippen LogP contribution in [-0.4, -0.2) is 33.9 Å². The van der Waals surface area contributed by atoms with Crippen molar-refractivity contribution < 1.29 is 18.8 Å². The molecule has 1 aliphatic rings. The molecule has 3 amide bonds. The second kappa shape index (κ2) is 10.2. The summed E-state index contributed by atoms with van der Waals surface area (Å²) in [6.07, 6.45) is -0.308. The first-order chi connectivity index (χ1) is 16.7. The number of nitrogens with zero attached hydrogens (tertiary/aromatic N) is 2. The Balaban J connectivity index is 1.59. The van der Waals surface area contributed by atoms with Crippen molar-refractivity contribution in [2.24, 2.45) is 0 Å². The van der Waals surface area contributed by atoms with E-state index in [1.807, 2.05) is 6.92 Å². The summed E-state index contributed by atoms with van der Waals surface area (Å²) in [5, 5.41) is 4.35. The number of halogens is 2. The molecule has 0 radical (unpaired) electrons. The van der Waals surface area contributed by atoms with Crippen molar-refractivity contribution in [3.63, 3.8) is 0 Å². The van der Waals surface area contributed by atoms with Crippen molar-refractivity contribution in [2.75, 3.05) is 10.2 Å². The number of hydrogen-bond acceptors (Lipinski definition) is 4. The van der Waals surface area contributed by atoms with Crippen LogP contribution in [0.25, 0.3) is 0 Å². The molecule has 1 aliphatic heterocycles. The summed E-state index contributed by atoms with van der Waals surface area (Å²) in [6.45, 7) is 1.84. The minimum absolute atomic E-state index is 0.0398. The van der Waals surface area contributed by atoms with Crippen LogP contribution >= 0.6 is 23.8 Å². The van der Waals surface area contributed by atoms with Gasteiger partial charge < -0.3 is 5.32 Å². The van der Waals surface area contributed by atoms with Crippen molar-refractivity contribution in [1.29, 1.82) is 0 Å². The lowest BCUT2D eigenvalue weighted by molar-refractivity contribution is -0.124. The Morgan fingerprint density at radius 2 is 1.74 bits per heavy atom. The summed E-state index contributed by atoms with van der Waals surface area (Å²) in [5.41, 5.74) is 4.62. The van der Waals surface area contributed by atoms with Gasteiger partial charge in [-0.15, -0.1) is 0 Å². The summed E-state index contributed by atoms with van der Waals surface area (Å²) in [7, 11) is 0. The first kappa shape index (κ1) is 24.3. The highest BCUT2D eigenvalue weighted by molar-refractivity contribution is 7.80. The predicted octanol–water partition coefficient (Wildman–Crippen LogP) is 4.46. The second-order valence-corrected chi connectivity index (χ2v) is 8.61. The van der Waals surface area contributed by atoms with Crippen molar-refractivity contribution in [1.82, 2.24) is 10.4 Å². The Bertz CT molecular complexity index is 1300. The molecule has 10 heteroatoms. The maximum atomic E-state index is 13.4. The third kappa shape index (κ3) is 5.31. The molecule has 4 rings (SSSR count). The van der Waals surface area contributed by atoms with E-state index in [-0.39, 0.29) is 11.5 Å². The van der Waals surface area contributed by atoms with Crippen LogP contribution < -0.4 is 15.6 Å². The van der Waals surface area contributed by atoms with Gasteiger partial charge in [0.25, 0.3) is 11.8 Å². The number of hydrazine groups is 1. The standard InChI is InChI=1S/C25H20ClFN4O3S/c1-15-7-10-18(13-20(15)26)28-22(32)14-21-24(34)30(19-11-8-17(27)9-12-19)25(35)31(21)29-23(33)16-5-3-2-4-6-16/h2-13,21H,14H2,1H3,(H,28,32)(H,29,33). The topological polar surface area (TPSA) is 81.8 Å². The molecule has 3 aromatic carbocycles. The zero-order valence-electron chi connectivity index (χ0n) is 18.5. The number of carbonyl (C=O) groups is 3. The molecular weight excluding hydrogens is 491 g/mol. The zero-order valence-corrected chi connectivity index (χ0v) is 20.1. The molecule has 2 N–H and O–H groups in total. The van der Waals surface area contributed by atoms with E-state index in [0.717, 1.165) is 5.56 Å². The third-order valence-corrected chi connectivity index (χ3v) is 6.18. The Labute approximate surface area is 211 Å². The van der Waals surface area contributed by atoms with E-state index in [2.05, 4.69) is 10.7 Å². The second-order valence-electron chi connectivity index (χ2n) is 7.84. The largest absolute Gasteiger partial charge is 0.326 e. The number of aryl methyl sites for hydroxylation is 1. The van der Waals surface area contributed by atoms with Crippen LogP contribution in [0.2, 0.25) is 5.02 Å². The van der Waals surface area contributed by atoms with Gasteiger partial charge in [0, 0.05) is 16.3 Å². The van der Waals surface area contributed by atoms with Gasteiger partial charge in [-0.05, 0) is 73.2 Å². The monoisotopic (exact) mass is 510 g/mol. The lowest BCUT2D eigenvalue weighted by Gasteiger charge is -2.24. The quantitative estimate of drug-likeness (QED) is 0.478. The summed E-state index contributed by atoms with van der Waals surface area (Å²) in [4.78, 5) is 40.2. The predicted molar refractivity (Wildman–Crippen MR) is 135 cm³/mol. The Morgan fingerprint density at radius 1 is 1.06 bits per heavy atom. The van der Waals surface area contributed by atoms with Crippen LogP contribution in [0.1, 0.15) is 22.3 Å². The summed E-state index contributed by atoms with van der Waals surface area (Å²) in [6, 6.07) is 17.5. The lowest BCUT2D eigenvalue weighted by atomic mass is 10.1. The molecular formula is C25H20ClFN4O3S. The Morgan fingerprint density at radius 3 is 2.40 bits per heavy atom. The molecule has 7 nitrogen and oxygen atoms in total. The lowest BCUT2D eigenvalue weighted by Crippen LogP contribution is -2.49. The van der Waals surface area contributed by atoms with Gasteiger partial charge in [-0.3, -0.25) is 24.7 Å². The van der Waals surface area contributed by atoms with E-state index in [9.17, 15) is 18.8 Å². The van der Waals surface area contributed by atoms with Crippen LogP contribution in [-0.2, 0) is 9.59 Å². The third-order valence-electron chi connectivity index (χ3n) is 5.39. The fraction of sp³-hybridized carbons (Fsp3) is 0.120. The van der Waals surface area contributed by atoms with Gasteiger partial charge in [0.05, 0.1) is 12.1 Å². The minimum atomic E-state index is -1.12. The van der Waals surface area contributed by atoms with E-state index >= 15 is 0 Å². The molecule has 1 unspecified atom stereocenters. The van der Waals surface area contributed by atoms with E-state index < -0.39 is 29.6 Å². The van der Waals surface area contributed by atoms with Crippen LogP contribution in [0.5, 0.6) is 0 Å². The van der Waals surface area contributed by atoms with Gasteiger partial charge in [-0.1, -0.05) is 35.9 Å². The first-order valence-corrected chi connectivity index (χ1v) is 11.4. The summed E-state index contributed by atoms with van der Waals surface area (Å²) >= 11 is 11.6. The Hall–Kier alpha value is -3.82. The van der Waals surface area contributed by atoms with Crippen LogP contribution in [0.15, 0.2) is 72.8 Å². The molecule has 35 heavy (non-hydrogen) atoms. The molecule has 1 heterocycles. The number of amides is 3. The smallest absolute Gasteiger partial charge is 0.269 e. The molecule has 1 atom stereocenters. The highest BCUT2D eigenvalue weighted by Crippen LogP contribution is 2.27. The maximum absolute atomic E-state index is 13.4. The minimum Gasteiger partial charge on any atom is -0.326 e. The number of rotatable bonds is 6. The van der Waals surface area contributed by atoms with Crippen molar-refractivity contribution in [3.05, 3.63) is 94.8 Å². The summed E-state index contributed by atoms with van der Waals surface area (Å²) < 4.78 is 13.4. The summed E-state index contributed by atoms with van der Waals surface area (Å²) in [5.74, 6) is -2.00. The normalized spacial score (nSPS) is 15.3. The van der Waals surface area contributed by atoms with Gasteiger partial charge in [0.1, 0.15) is 11.9 Å². The van der Waals surface area contributed by atoms with Gasteiger partial charge in [0.2, 0.25) is 11.0 Å². The van der Waals surface area contributed by atoms with E-state index in [4.69, 9.17) is 23.8 Å². The average Bonchev–Trinajstić information content (AvgIpc) is 3.06. The van der Waals surface area contributed by atoms with E-state index in [1.54, 1.807) is 48.5 Å². The van der Waals surface area contributed by atoms with Crippen molar-refractivity contribution in [3.8, 4) is 0 Å². The van der Waals surface area contributed by atoms with Crippen LogP contribution in [0, 0.1) is 12.7 Å². The SMILES string of the molecule is Cc1ccc(NC(=O)CC2C(=O)N(c3ccc(F)cc3)C(=S)N2NC(=O)c2ccccc2)cc1Cl. The highest BCUT2D eigenvalue weighted by Gasteiger charge is 2.45. The van der Waals surface area contributed by atoms with Crippen LogP contribution in [0.4, 0.5) is 15.8 Å². The number of anilines is 2.